The summed E-state index contributed by atoms with van der Waals surface area (Å²) in [4.78, 5) is 4.85. The number of thiocarbonyl (C=S) groups is 1. The molecule has 0 bridgehead atoms. The normalized spacial score (nSPS) is 16.5. The highest BCUT2D eigenvalue weighted by Gasteiger charge is 2.23. The fourth-order valence-corrected chi connectivity index (χ4v) is 3.26. The highest BCUT2D eigenvalue weighted by atomic mass is 32.1. The van der Waals surface area contributed by atoms with Crippen LogP contribution in [0.4, 0.5) is 8.78 Å². The van der Waals surface area contributed by atoms with Gasteiger partial charge in [0, 0.05) is 18.1 Å². The smallest absolute Gasteiger partial charge is 0.161 e. The molecule has 3 rings (SSSR count). The Labute approximate surface area is 127 Å². The van der Waals surface area contributed by atoms with Crippen LogP contribution in [0.25, 0.3) is 11.0 Å². The quantitative estimate of drug-likeness (QED) is 0.880. The lowest BCUT2D eigenvalue weighted by Gasteiger charge is -2.22. The fraction of sp³-hybridized carbons (Fsp3) is 0.467. The number of halogens is 2. The Hall–Kier alpha value is -1.56. The van der Waals surface area contributed by atoms with Crippen LogP contribution in [0.5, 0.6) is 0 Å². The van der Waals surface area contributed by atoms with Crippen LogP contribution in [-0.2, 0) is 6.54 Å². The zero-order valence-corrected chi connectivity index (χ0v) is 12.4. The maximum Gasteiger partial charge on any atom is 0.161 e. The van der Waals surface area contributed by atoms with E-state index in [0.29, 0.717) is 28.5 Å². The molecular weight excluding hydrogens is 292 g/mol. The minimum Gasteiger partial charge on any atom is -0.392 e. The zero-order chi connectivity index (χ0) is 15.0. The van der Waals surface area contributed by atoms with Gasteiger partial charge in [0.1, 0.15) is 5.82 Å². The number of imidazole rings is 1. The number of rotatable bonds is 3. The molecule has 0 amide bonds. The Morgan fingerprint density at radius 2 is 1.90 bits per heavy atom. The van der Waals surface area contributed by atoms with E-state index in [1.807, 2.05) is 4.57 Å². The lowest BCUT2D eigenvalue weighted by atomic mass is 9.88. The molecule has 0 saturated heterocycles. The predicted molar refractivity (Wildman–Crippen MR) is 82.3 cm³/mol. The van der Waals surface area contributed by atoms with Gasteiger partial charge >= 0.3 is 0 Å². The highest BCUT2D eigenvalue weighted by Crippen LogP contribution is 2.34. The standard InChI is InChI=1S/C15H17F2N3S/c16-10-6-12-13(7-11(10)17)20(8-14(18)21)15(19-12)9-4-2-1-3-5-9/h6-7,9H,1-5,8H2,(H2,18,21). The molecule has 112 valence electrons. The summed E-state index contributed by atoms with van der Waals surface area (Å²) in [6.07, 6.45) is 5.64. The minimum absolute atomic E-state index is 0.308. The summed E-state index contributed by atoms with van der Waals surface area (Å²) in [7, 11) is 0. The van der Waals surface area contributed by atoms with E-state index >= 15 is 0 Å². The molecule has 1 saturated carbocycles. The van der Waals surface area contributed by atoms with Crippen LogP contribution < -0.4 is 5.73 Å². The van der Waals surface area contributed by atoms with Crippen LogP contribution in [0.15, 0.2) is 12.1 Å². The van der Waals surface area contributed by atoms with Gasteiger partial charge in [0.05, 0.1) is 22.6 Å². The predicted octanol–water partition coefficient (Wildman–Crippen LogP) is 3.65. The molecule has 1 aromatic heterocycles. The molecule has 0 unspecified atom stereocenters. The lowest BCUT2D eigenvalue weighted by Crippen LogP contribution is -2.20. The number of hydrogen-bond acceptors (Lipinski definition) is 2. The molecule has 1 aliphatic carbocycles. The molecule has 1 aromatic carbocycles. The van der Waals surface area contributed by atoms with Crippen molar-refractivity contribution >= 4 is 28.2 Å². The van der Waals surface area contributed by atoms with Crippen LogP contribution in [0.1, 0.15) is 43.8 Å². The first-order valence-electron chi connectivity index (χ1n) is 7.19. The van der Waals surface area contributed by atoms with Gasteiger partial charge < -0.3 is 10.3 Å². The molecule has 0 aliphatic heterocycles. The molecular formula is C15H17F2N3S. The first-order chi connectivity index (χ1) is 10.1. The molecule has 6 heteroatoms. The molecule has 2 N–H and O–H groups in total. The van der Waals surface area contributed by atoms with Crippen molar-refractivity contribution < 1.29 is 8.78 Å². The third kappa shape index (κ3) is 2.77. The zero-order valence-electron chi connectivity index (χ0n) is 11.6. The number of hydrogen-bond donors (Lipinski definition) is 1. The first-order valence-corrected chi connectivity index (χ1v) is 7.60. The van der Waals surface area contributed by atoms with E-state index < -0.39 is 11.6 Å². The second-order valence-corrected chi connectivity index (χ2v) is 6.14. The average molecular weight is 309 g/mol. The van der Waals surface area contributed by atoms with Crippen LogP contribution in [0.3, 0.4) is 0 Å². The summed E-state index contributed by atoms with van der Waals surface area (Å²) in [6.45, 7) is 0.308. The molecule has 3 nitrogen and oxygen atoms in total. The van der Waals surface area contributed by atoms with E-state index in [0.717, 1.165) is 37.6 Å². The van der Waals surface area contributed by atoms with E-state index in [-0.39, 0.29) is 0 Å². The number of nitrogens with two attached hydrogens (primary N) is 1. The molecule has 0 radical (unpaired) electrons. The third-order valence-corrected chi connectivity index (χ3v) is 4.23. The number of benzene rings is 1. The van der Waals surface area contributed by atoms with Gasteiger partial charge in [-0.15, -0.1) is 0 Å². The molecule has 2 aromatic rings. The summed E-state index contributed by atoms with van der Waals surface area (Å²) in [5, 5.41) is 0. The molecule has 21 heavy (non-hydrogen) atoms. The number of aromatic nitrogens is 2. The van der Waals surface area contributed by atoms with Crippen molar-refractivity contribution in [2.24, 2.45) is 5.73 Å². The highest BCUT2D eigenvalue weighted by molar-refractivity contribution is 7.80. The van der Waals surface area contributed by atoms with E-state index in [9.17, 15) is 8.78 Å². The minimum atomic E-state index is -0.877. The van der Waals surface area contributed by atoms with E-state index in [4.69, 9.17) is 18.0 Å². The number of fused-ring (bicyclic) bond motifs is 1. The Balaban J connectivity index is 2.14. The maximum atomic E-state index is 13.5. The van der Waals surface area contributed by atoms with Gasteiger partial charge in [0.15, 0.2) is 11.6 Å². The van der Waals surface area contributed by atoms with Crippen molar-refractivity contribution in [2.45, 2.75) is 44.6 Å². The van der Waals surface area contributed by atoms with Crippen molar-refractivity contribution in [1.82, 2.24) is 9.55 Å². The summed E-state index contributed by atoms with van der Waals surface area (Å²) in [5.41, 5.74) is 6.68. The summed E-state index contributed by atoms with van der Waals surface area (Å²) >= 11 is 4.99. The van der Waals surface area contributed by atoms with E-state index in [1.165, 1.54) is 12.5 Å². The fourth-order valence-electron chi connectivity index (χ4n) is 3.13. The van der Waals surface area contributed by atoms with Crippen molar-refractivity contribution in [2.75, 3.05) is 0 Å². The molecule has 1 heterocycles. The Bertz CT molecular complexity index is 690. The Morgan fingerprint density at radius 3 is 2.57 bits per heavy atom. The van der Waals surface area contributed by atoms with Crippen LogP contribution in [0, 0.1) is 11.6 Å². The number of nitrogens with zero attached hydrogens (tertiary/aromatic N) is 2. The second-order valence-electron chi connectivity index (χ2n) is 5.61. The molecule has 1 aliphatic rings. The van der Waals surface area contributed by atoms with Crippen LogP contribution in [0.2, 0.25) is 0 Å². The van der Waals surface area contributed by atoms with E-state index in [2.05, 4.69) is 4.98 Å². The molecule has 1 fully saturated rings. The molecule has 0 spiro atoms. The van der Waals surface area contributed by atoms with Crippen LogP contribution >= 0.6 is 12.2 Å². The van der Waals surface area contributed by atoms with Gasteiger partial charge in [-0.3, -0.25) is 0 Å². The monoisotopic (exact) mass is 309 g/mol. The SMILES string of the molecule is NC(=S)Cn1c(C2CCCCC2)nc2cc(F)c(F)cc21. The van der Waals surface area contributed by atoms with Crippen LogP contribution in [-0.4, -0.2) is 14.5 Å². The van der Waals surface area contributed by atoms with Gasteiger partial charge in [-0.2, -0.15) is 0 Å². The van der Waals surface area contributed by atoms with Crippen molar-refractivity contribution in [1.29, 1.82) is 0 Å². The third-order valence-electron chi connectivity index (χ3n) is 4.10. The van der Waals surface area contributed by atoms with Gasteiger partial charge in [0.2, 0.25) is 0 Å². The Kier molecular flexibility index (Phi) is 3.89. The summed E-state index contributed by atoms with van der Waals surface area (Å²) in [6, 6.07) is 2.33. The van der Waals surface area contributed by atoms with Gasteiger partial charge in [-0.25, -0.2) is 13.8 Å². The average Bonchev–Trinajstić information content (AvgIpc) is 2.78. The largest absolute Gasteiger partial charge is 0.392 e. The van der Waals surface area contributed by atoms with Crippen molar-refractivity contribution in [3.8, 4) is 0 Å². The maximum absolute atomic E-state index is 13.5. The van der Waals surface area contributed by atoms with E-state index in [1.54, 1.807) is 0 Å². The second kappa shape index (κ2) is 5.67. The van der Waals surface area contributed by atoms with Crippen molar-refractivity contribution in [3.05, 3.63) is 29.6 Å². The van der Waals surface area contributed by atoms with Gasteiger partial charge in [-0.1, -0.05) is 31.5 Å². The molecule has 0 atom stereocenters. The van der Waals surface area contributed by atoms with Gasteiger partial charge in [0.25, 0.3) is 0 Å². The first kappa shape index (κ1) is 14.4. The lowest BCUT2D eigenvalue weighted by molar-refractivity contribution is 0.421. The Morgan fingerprint density at radius 1 is 1.24 bits per heavy atom. The summed E-state index contributed by atoms with van der Waals surface area (Å²) < 4.78 is 28.8. The summed E-state index contributed by atoms with van der Waals surface area (Å²) in [5.74, 6) is -0.589. The van der Waals surface area contributed by atoms with Crippen molar-refractivity contribution in [3.63, 3.8) is 0 Å². The topological polar surface area (TPSA) is 43.8 Å². The van der Waals surface area contributed by atoms with Gasteiger partial charge in [-0.05, 0) is 12.8 Å².